The standard InChI is InChI=1S/C16H23FN4O2/c1-2-7-18-15(22)12-20-8-10-21(11-9-20)16(23)19-14-6-4-3-5-13(14)17/h3-6H,2,7-12H2,1H3,(H,18,22)(H,19,23). The molecule has 6 nitrogen and oxygen atoms in total. The SMILES string of the molecule is CCCNC(=O)CN1CCN(C(=O)Nc2ccccc2F)CC1. The molecule has 2 N–H and O–H groups in total. The number of nitrogens with one attached hydrogen (secondary N) is 2. The summed E-state index contributed by atoms with van der Waals surface area (Å²) < 4.78 is 13.5. The topological polar surface area (TPSA) is 64.7 Å². The minimum absolute atomic E-state index is 0.0103. The second-order valence-corrected chi connectivity index (χ2v) is 5.52. The third-order valence-corrected chi connectivity index (χ3v) is 3.71. The summed E-state index contributed by atoms with van der Waals surface area (Å²) in [5.74, 6) is -0.441. The maximum absolute atomic E-state index is 13.5. The van der Waals surface area contributed by atoms with Gasteiger partial charge in [-0.1, -0.05) is 19.1 Å². The van der Waals surface area contributed by atoms with Gasteiger partial charge in [0.25, 0.3) is 0 Å². The molecule has 0 spiro atoms. The zero-order valence-electron chi connectivity index (χ0n) is 13.3. The third kappa shape index (κ3) is 5.21. The van der Waals surface area contributed by atoms with Crippen LogP contribution in [0.25, 0.3) is 0 Å². The van der Waals surface area contributed by atoms with E-state index in [2.05, 4.69) is 10.6 Å². The first-order valence-electron chi connectivity index (χ1n) is 7.89. The molecule has 0 bridgehead atoms. The van der Waals surface area contributed by atoms with Crippen LogP contribution in [0.3, 0.4) is 0 Å². The fourth-order valence-electron chi connectivity index (χ4n) is 2.39. The molecule has 1 aromatic carbocycles. The van der Waals surface area contributed by atoms with Gasteiger partial charge in [0.2, 0.25) is 5.91 Å². The zero-order chi connectivity index (χ0) is 16.7. The molecule has 1 aliphatic rings. The Hall–Kier alpha value is -2.15. The number of amides is 3. The van der Waals surface area contributed by atoms with Gasteiger partial charge in [-0.2, -0.15) is 0 Å². The Morgan fingerprint density at radius 2 is 1.87 bits per heavy atom. The first-order valence-corrected chi connectivity index (χ1v) is 7.89. The lowest BCUT2D eigenvalue weighted by molar-refractivity contribution is -0.122. The van der Waals surface area contributed by atoms with Crippen LogP contribution in [0.4, 0.5) is 14.9 Å². The molecule has 1 aromatic rings. The van der Waals surface area contributed by atoms with Gasteiger partial charge in [-0.15, -0.1) is 0 Å². The van der Waals surface area contributed by atoms with Gasteiger partial charge in [-0.25, -0.2) is 9.18 Å². The molecule has 0 radical (unpaired) electrons. The van der Waals surface area contributed by atoms with Gasteiger partial charge in [-0.3, -0.25) is 9.69 Å². The zero-order valence-corrected chi connectivity index (χ0v) is 13.3. The van der Waals surface area contributed by atoms with Crippen molar-refractivity contribution in [2.45, 2.75) is 13.3 Å². The number of hydrogen-bond acceptors (Lipinski definition) is 3. The van der Waals surface area contributed by atoms with E-state index in [0.717, 1.165) is 6.42 Å². The Bertz CT molecular complexity index is 545. The van der Waals surface area contributed by atoms with E-state index in [0.29, 0.717) is 39.3 Å². The van der Waals surface area contributed by atoms with E-state index in [-0.39, 0.29) is 17.6 Å². The molecular weight excluding hydrogens is 299 g/mol. The van der Waals surface area contributed by atoms with Crippen LogP contribution in [-0.4, -0.2) is 61.0 Å². The van der Waals surface area contributed by atoms with Crippen LogP contribution >= 0.6 is 0 Å². The van der Waals surface area contributed by atoms with E-state index in [1.165, 1.54) is 12.1 Å². The van der Waals surface area contributed by atoms with E-state index >= 15 is 0 Å². The molecule has 2 rings (SSSR count). The van der Waals surface area contributed by atoms with Crippen molar-refractivity contribution >= 4 is 17.6 Å². The highest BCUT2D eigenvalue weighted by atomic mass is 19.1. The van der Waals surface area contributed by atoms with Gasteiger partial charge in [0.1, 0.15) is 5.82 Å². The smallest absolute Gasteiger partial charge is 0.322 e. The molecule has 1 heterocycles. The van der Waals surface area contributed by atoms with E-state index in [9.17, 15) is 14.0 Å². The number of benzene rings is 1. The molecule has 3 amide bonds. The Morgan fingerprint density at radius 3 is 2.52 bits per heavy atom. The second-order valence-electron chi connectivity index (χ2n) is 5.52. The summed E-state index contributed by atoms with van der Waals surface area (Å²) >= 11 is 0. The van der Waals surface area contributed by atoms with Crippen molar-refractivity contribution in [1.29, 1.82) is 0 Å². The number of nitrogens with zero attached hydrogens (tertiary/aromatic N) is 2. The second kappa shape index (κ2) is 8.47. The fraction of sp³-hybridized carbons (Fsp3) is 0.500. The molecule has 0 atom stereocenters. The highest BCUT2D eigenvalue weighted by Crippen LogP contribution is 2.13. The normalized spacial score (nSPS) is 15.3. The highest BCUT2D eigenvalue weighted by molar-refractivity contribution is 5.89. The van der Waals surface area contributed by atoms with Gasteiger partial charge in [-0.05, 0) is 18.6 Å². The maximum atomic E-state index is 13.5. The number of para-hydroxylation sites is 1. The maximum Gasteiger partial charge on any atom is 0.322 e. The number of carbonyl (C=O) groups excluding carboxylic acids is 2. The molecule has 0 aromatic heterocycles. The van der Waals surface area contributed by atoms with Crippen LogP contribution in [0, 0.1) is 5.82 Å². The molecule has 0 aliphatic carbocycles. The minimum Gasteiger partial charge on any atom is -0.355 e. The number of carbonyl (C=O) groups is 2. The fourth-order valence-corrected chi connectivity index (χ4v) is 2.39. The van der Waals surface area contributed by atoms with E-state index in [1.54, 1.807) is 17.0 Å². The van der Waals surface area contributed by atoms with Crippen molar-refractivity contribution in [2.24, 2.45) is 0 Å². The van der Waals surface area contributed by atoms with Crippen molar-refractivity contribution in [3.63, 3.8) is 0 Å². The summed E-state index contributed by atoms with van der Waals surface area (Å²) in [6.45, 7) is 5.33. The van der Waals surface area contributed by atoms with Crippen molar-refractivity contribution < 1.29 is 14.0 Å². The van der Waals surface area contributed by atoms with E-state index < -0.39 is 5.82 Å². The molecular formula is C16H23FN4O2. The van der Waals surface area contributed by atoms with Crippen molar-refractivity contribution in [3.05, 3.63) is 30.1 Å². The monoisotopic (exact) mass is 322 g/mol. The Kier molecular flexibility index (Phi) is 6.34. The molecule has 0 unspecified atom stereocenters. The van der Waals surface area contributed by atoms with Crippen molar-refractivity contribution in [2.75, 3.05) is 44.6 Å². The predicted octanol–water partition coefficient (Wildman–Crippen LogP) is 1.50. The minimum atomic E-state index is -0.452. The van der Waals surface area contributed by atoms with Gasteiger partial charge in [0, 0.05) is 32.7 Å². The predicted molar refractivity (Wildman–Crippen MR) is 86.7 cm³/mol. The number of anilines is 1. The summed E-state index contributed by atoms with van der Waals surface area (Å²) in [4.78, 5) is 27.5. The van der Waals surface area contributed by atoms with Crippen LogP contribution < -0.4 is 10.6 Å². The van der Waals surface area contributed by atoms with Gasteiger partial charge in [0.15, 0.2) is 0 Å². The molecule has 1 aliphatic heterocycles. The molecule has 126 valence electrons. The van der Waals surface area contributed by atoms with Crippen molar-refractivity contribution in [3.8, 4) is 0 Å². The first-order chi connectivity index (χ1) is 11.1. The number of rotatable bonds is 5. The molecule has 23 heavy (non-hydrogen) atoms. The van der Waals surface area contributed by atoms with Gasteiger partial charge < -0.3 is 15.5 Å². The molecule has 1 fully saturated rings. The average molecular weight is 322 g/mol. The molecule has 7 heteroatoms. The Morgan fingerprint density at radius 1 is 1.17 bits per heavy atom. The third-order valence-electron chi connectivity index (χ3n) is 3.71. The summed E-state index contributed by atoms with van der Waals surface area (Å²) in [6, 6.07) is 5.77. The van der Waals surface area contributed by atoms with E-state index in [1.807, 2.05) is 11.8 Å². The first kappa shape index (κ1) is 17.2. The largest absolute Gasteiger partial charge is 0.355 e. The molecule has 1 saturated heterocycles. The number of hydrogen-bond donors (Lipinski definition) is 2. The quantitative estimate of drug-likeness (QED) is 0.863. The van der Waals surface area contributed by atoms with Crippen LogP contribution in [0.1, 0.15) is 13.3 Å². The van der Waals surface area contributed by atoms with Crippen LogP contribution in [0.5, 0.6) is 0 Å². The lowest BCUT2D eigenvalue weighted by Crippen LogP contribution is -2.52. The Labute approximate surface area is 135 Å². The van der Waals surface area contributed by atoms with Crippen LogP contribution in [0.15, 0.2) is 24.3 Å². The number of piperazine rings is 1. The van der Waals surface area contributed by atoms with Gasteiger partial charge in [0.05, 0.1) is 12.2 Å². The summed E-state index contributed by atoms with van der Waals surface area (Å²) in [6.07, 6.45) is 0.912. The summed E-state index contributed by atoms with van der Waals surface area (Å²) in [7, 11) is 0. The lowest BCUT2D eigenvalue weighted by atomic mass is 10.3. The van der Waals surface area contributed by atoms with Crippen LogP contribution in [0.2, 0.25) is 0 Å². The van der Waals surface area contributed by atoms with Crippen molar-refractivity contribution in [1.82, 2.24) is 15.1 Å². The highest BCUT2D eigenvalue weighted by Gasteiger charge is 2.22. The van der Waals surface area contributed by atoms with E-state index in [4.69, 9.17) is 0 Å². The Balaban J connectivity index is 1.76. The number of halogens is 1. The summed E-state index contributed by atoms with van der Waals surface area (Å²) in [5.41, 5.74) is 0.180. The summed E-state index contributed by atoms with van der Waals surface area (Å²) in [5, 5.41) is 5.41. The average Bonchev–Trinajstić information content (AvgIpc) is 2.55. The number of urea groups is 1. The van der Waals surface area contributed by atoms with Crippen LogP contribution in [-0.2, 0) is 4.79 Å². The van der Waals surface area contributed by atoms with Gasteiger partial charge >= 0.3 is 6.03 Å². The lowest BCUT2D eigenvalue weighted by Gasteiger charge is -2.34. The molecule has 0 saturated carbocycles.